The van der Waals surface area contributed by atoms with Crippen molar-refractivity contribution in [2.75, 3.05) is 17.4 Å². The number of amides is 2. The number of carbonyl (C=O) groups excluding carboxylic acids is 3. The molecule has 19 nitrogen and oxygen atoms in total. The quantitative estimate of drug-likeness (QED) is 0.0547. The summed E-state index contributed by atoms with van der Waals surface area (Å²) in [5.41, 5.74) is 6.48. The molecule has 0 aromatic carbocycles. The first-order valence-electron chi connectivity index (χ1n) is 12.8. The summed E-state index contributed by atoms with van der Waals surface area (Å²) in [7, 11) is -8.14. The van der Waals surface area contributed by atoms with Crippen molar-refractivity contribution in [1.29, 1.82) is 0 Å². The number of aryl methyl sites for hydroxylation is 1. The Hall–Kier alpha value is -3.24. The number of nitrogens with zero attached hydrogens (tertiary/aromatic N) is 6. The van der Waals surface area contributed by atoms with E-state index in [0.717, 1.165) is 15.6 Å². The molecule has 0 saturated carbocycles. The third-order valence-electron chi connectivity index (χ3n) is 5.59. The lowest BCUT2D eigenvalue weighted by Crippen LogP contribution is -2.55. The highest BCUT2D eigenvalue weighted by Crippen LogP contribution is 2.56. The number of β-lactam (4-membered cyclic amide) rings is 1. The highest BCUT2D eigenvalue weighted by molar-refractivity contribution is 8.07. The minimum atomic E-state index is -5.20. The number of primary amides is 1. The molecule has 1 fully saturated rings. The second-order valence-corrected chi connectivity index (χ2v) is 16.0. The van der Waals surface area contributed by atoms with E-state index in [1.54, 1.807) is 23.8 Å². The van der Waals surface area contributed by atoms with Crippen LogP contribution in [0.4, 0.5) is 5.13 Å². The molecule has 1 saturated heterocycles. The molecule has 47 heavy (non-hydrogen) atoms. The van der Waals surface area contributed by atoms with Gasteiger partial charge in [0.2, 0.25) is 22.6 Å². The summed E-state index contributed by atoms with van der Waals surface area (Å²) >= 11 is 4.85. The largest absolute Gasteiger partial charge is 0.543 e. The predicted octanol–water partition coefficient (Wildman–Crippen LogP) is 0.379. The first-order chi connectivity index (χ1) is 22.1. The van der Waals surface area contributed by atoms with E-state index in [1.807, 2.05) is 41.5 Å². The maximum atomic E-state index is 11.8. The fraction of sp³-hybridized carbons (Fsp3) is 0.273. The van der Waals surface area contributed by atoms with Crippen LogP contribution in [0.5, 0.6) is 0 Å². The molecule has 25 heteroatoms. The first-order valence-corrected chi connectivity index (χ1v) is 19.4. The second-order valence-electron chi connectivity index (χ2n) is 9.00. The molecule has 1 unspecified atom stereocenters. The maximum Gasteiger partial charge on any atom is 0.478 e. The number of nitrogens with two attached hydrogens (primary N) is 1. The number of hydrogen-bond donors (Lipinski definition) is 5. The Labute approximate surface area is 281 Å². The molecule has 2 aliphatic rings. The SMILES string of the molecule is CCO/N=C(\C(N)=O)c1nsc(NP(=O)(O)OP(=O)(O)O)n1.C[n+]1ccc(-c2csc(SC3=C(C(=O)[O-])N4C(=O)C[C@H]4SC3)n2)cc1. The number of oxime groups is 1. The normalized spacial score (nSPS) is 17.6. The topological polar surface area (TPSA) is 284 Å². The molecular weight excluding hydrogens is 743 g/mol. The summed E-state index contributed by atoms with van der Waals surface area (Å²) in [4.78, 5) is 75.5. The standard InChI is InChI=1S/C16H13N3O3S3.C6H11N5O8P2S/c1-18-4-2-9(3-5-18)10-7-24-16(17-10)25-11-8-23-13-6-12(20)19(13)14(11)15(21)22;1-2-18-9-3(4(7)12)5-8-6(22-11-5)10-20(13,14)19-21(15,16)17/h2-5,7,13H,6,8H2,1H3;2H2,1H3,(H2,7,12)(H2,15,16,17)(H2,8,10,11,13,14)/b;9-3+/t13-;/m1./s1. The summed E-state index contributed by atoms with van der Waals surface area (Å²) < 4.78 is 32.0. The minimum Gasteiger partial charge on any atom is -0.543 e. The number of hydrogen-bond acceptors (Lipinski definition) is 16. The molecule has 0 aliphatic carbocycles. The van der Waals surface area contributed by atoms with E-state index in [0.29, 0.717) is 28.6 Å². The van der Waals surface area contributed by atoms with Gasteiger partial charge in [-0.05, 0) is 6.92 Å². The number of carboxylic acids is 1. The summed E-state index contributed by atoms with van der Waals surface area (Å²) in [6.07, 6.45) is 4.30. The maximum absolute atomic E-state index is 11.8. The number of thioether (sulfide) groups is 2. The van der Waals surface area contributed by atoms with Gasteiger partial charge in [0.1, 0.15) is 13.7 Å². The Morgan fingerprint density at radius 1 is 1.28 bits per heavy atom. The lowest BCUT2D eigenvalue weighted by molar-refractivity contribution is -0.671. The summed E-state index contributed by atoms with van der Waals surface area (Å²) in [5, 5.41) is 18.2. The molecule has 0 radical (unpaired) electrons. The fourth-order valence-corrected chi connectivity index (χ4v) is 9.57. The Kier molecular flexibility index (Phi) is 11.9. The fourth-order valence-electron chi connectivity index (χ4n) is 3.64. The number of nitrogens with one attached hydrogen (secondary N) is 1. The number of aromatic nitrogens is 4. The summed E-state index contributed by atoms with van der Waals surface area (Å²) in [6, 6.07) is 3.96. The molecular formula is C22H24N8O11P2S4. The van der Waals surface area contributed by atoms with Crippen LogP contribution in [0.15, 0.2) is 50.0 Å². The Bertz CT molecular complexity index is 1830. The number of phosphoric acid groups is 1. The zero-order valence-electron chi connectivity index (χ0n) is 24.0. The third kappa shape index (κ3) is 9.89. The van der Waals surface area contributed by atoms with E-state index in [9.17, 15) is 33.5 Å². The van der Waals surface area contributed by atoms with E-state index in [2.05, 4.69) is 28.6 Å². The van der Waals surface area contributed by atoms with Crippen LogP contribution in [0.2, 0.25) is 0 Å². The average Bonchev–Trinajstić information content (AvgIpc) is 3.62. The molecule has 3 aromatic rings. The number of carbonyl (C=O) groups is 3. The van der Waals surface area contributed by atoms with Gasteiger partial charge in [-0.2, -0.15) is 13.7 Å². The van der Waals surface area contributed by atoms with Gasteiger partial charge in [0.05, 0.1) is 29.2 Å². The van der Waals surface area contributed by atoms with Crippen LogP contribution in [0, 0.1) is 0 Å². The monoisotopic (exact) mass is 766 g/mol. The van der Waals surface area contributed by atoms with E-state index < -0.39 is 33.2 Å². The molecule has 0 bridgehead atoms. The summed E-state index contributed by atoms with van der Waals surface area (Å²) in [6.45, 7) is 1.75. The molecule has 5 heterocycles. The van der Waals surface area contributed by atoms with Crippen molar-refractivity contribution in [3.05, 3.63) is 46.3 Å². The molecule has 2 aliphatic heterocycles. The zero-order valence-corrected chi connectivity index (χ0v) is 29.0. The highest BCUT2D eigenvalue weighted by Gasteiger charge is 2.43. The first kappa shape index (κ1) is 36.6. The smallest absolute Gasteiger partial charge is 0.478 e. The number of rotatable bonds is 12. The molecule has 252 valence electrons. The van der Waals surface area contributed by atoms with Gasteiger partial charge in [-0.3, -0.25) is 19.6 Å². The van der Waals surface area contributed by atoms with Gasteiger partial charge < -0.3 is 35.2 Å². The second kappa shape index (κ2) is 15.3. The Morgan fingerprint density at radius 3 is 2.57 bits per heavy atom. The van der Waals surface area contributed by atoms with Crippen LogP contribution in [0.3, 0.4) is 0 Å². The van der Waals surface area contributed by atoms with E-state index in [4.69, 9.17) is 15.5 Å². The molecule has 0 spiro atoms. The van der Waals surface area contributed by atoms with Crippen LogP contribution in [0.25, 0.3) is 11.3 Å². The lowest BCUT2D eigenvalue weighted by atomic mass is 10.1. The Morgan fingerprint density at radius 2 is 1.98 bits per heavy atom. The van der Waals surface area contributed by atoms with Crippen molar-refractivity contribution in [3.63, 3.8) is 0 Å². The molecule has 2 amide bonds. The van der Waals surface area contributed by atoms with E-state index >= 15 is 0 Å². The Balaban J connectivity index is 0.000000215. The van der Waals surface area contributed by atoms with Gasteiger partial charge in [0.15, 0.2) is 16.7 Å². The van der Waals surface area contributed by atoms with Crippen LogP contribution in [-0.2, 0) is 39.7 Å². The molecule has 3 aromatic heterocycles. The number of anilines is 1. The van der Waals surface area contributed by atoms with Crippen molar-refractivity contribution in [2.24, 2.45) is 17.9 Å². The lowest BCUT2D eigenvalue weighted by Gasteiger charge is -2.45. The van der Waals surface area contributed by atoms with Crippen molar-refractivity contribution in [2.45, 2.75) is 23.1 Å². The number of aliphatic carboxylic acids is 1. The number of thiazole rings is 1. The highest BCUT2D eigenvalue weighted by atomic mass is 32.2. The van der Waals surface area contributed by atoms with Gasteiger partial charge in [-0.25, -0.2) is 18.7 Å². The predicted molar refractivity (Wildman–Crippen MR) is 168 cm³/mol. The van der Waals surface area contributed by atoms with Crippen LogP contribution >= 0.6 is 62.0 Å². The minimum absolute atomic E-state index is 0.00786. The third-order valence-corrected chi connectivity index (χ3v) is 12.0. The van der Waals surface area contributed by atoms with Gasteiger partial charge >= 0.3 is 15.6 Å². The number of carboxylic acid groups (broad SMARTS) is 1. The van der Waals surface area contributed by atoms with E-state index in [-0.39, 0.29) is 34.5 Å². The number of pyridine rings is 1. The molecule has 6 N–H and O–H groups in total. The van der Waals surface area contributed by atoms with Crippen molar-refractivity contribution in [3.8, 4) is 11.3 Å². The van der Waals surface area contributed by atoms with Crippen LogP contribution < -0.4 is 20.5 Å². The van der Waals surface area contributed by atoms with E-state index in [1.165, 1.54) is 28.0 Å². The van der Waals surface area contributed by atoms with Crippen LogP contribution in [0.1, 0.15) is 19.2 Å². The molecule has 2 atom stereocenters. The molecule has 5 rings (SSSR count). The summed E-state index contributed by atoms with van der Waals surface area (Å²) in [5.74, 6) is -2.21. The van der Waals surface area contributed by atoms with Gasteiger partial charge in [0, 0.05) is 45.3 Å². The zero-order chi connectivity index (χ0) is 34.5. The van der Waals surface area contributed by atoms with Gasteiger partial charge in [0.25, 0.3) is 5.91 Å². The van der Waals surface area contributed by atoms with Gasteiger partial charge in [-0.1, -0.05) is 16.9 Å². The van der Waals surface area contributed by atoms with Crippen LogP contribution in [-0.4, -0.2) is 75.2 Å². The van der Waals surface area contributed by atoms with Crippen molar-refractivity contribution in [1.82, 2.24) is 19.2 Å². The van der Waals surface area contributed by atoms with Crippen molar-refractivity contribution >= 4 is 90.6 Å². The van der Waals surface area contributed by atoms with Crippen molar-refractivity contribution < 1.29 is 57.0 Å². The van der Waals surface area contributed by atoms with Gasteiger partial charge in [-0.15, -0.1) is 23.1 Å². The number of fused-ring (bicyclic) bond motifs is 1. The average molecular weight is 767 g/mol.